The van der Waals surface area contributed by atoms with Gasteiger partial charge in [0.1, 0.15) is 0 Å². The van der Waals surface area contributed by atoms with Gasteiger partial charge in [-0.05, 0) is 6.42 Å². The Kier molecular flexibility index (Phi) is 2.31. The molecule has 0 bridgehead atoms. The monoisotopic (exact) mass is 163 g/mol. The third kappa shape index (κ3) is 1.49. The zero-order chi connectivity index (χ0) is 7.61. The molecule has 0 unspecified atom stereocenters. The van der Waals surface area contributed by atoms with Gasteiger partial charge in [0.2, 0.25) is 0 Å². The van der Waals surface area contributed by atoms with E-state index < -0.39 is 9.84 Å². The summed E-state index contributed by atoms with van der Waals surface area (Å²) in [4.78, 5) is 0. The predicted octanol–water partition coefficient (Wildman–Crippen LogP) is -0.217. The third-order valence-corrected chi connectivity index (χ3v) is 4.07. The highest BCUT2D eigenvalue weighted by Gasteiger charge is 2.29. The predicted molar refractivity (Wildman–Crippen MR) is 40.7 cm³/mol. The van der Waals surface area contributed by atoms with Crippen LogP contribution in [0, 0.1) is 0 Å². The highest BCUT2D eigenvalue weighted by atomic mass is 32.2. The van der Waals surface area contributed by atoms with Crippen molar-refractivity contribution in [3.05, 3.63) is 0 Å². The SMILES string of the molecule is CCCS(=O)(=O)C1CNC1. The van der Waals surface area contributed by atoms with Gasteiger partial charge in [0.25, 0.3) is 0 Å². The second-order valence-electron chi connectivity index (χ2n) is 2.65. The quantitative estimate of drug-likeness (QED) is 0.626. The Bertz CT molecular complexity index is 194. The van der Waals surface area contributed by atoms with E-state index in [-0.39, 0.29) is 5.25 Å². The molecule has 60 valence electrons. The molecule has 1 N–H and O–H groups in total. The van der Waals surface area contributed by atoms with E-state index in [4.69, 9.17) is 0 Å². The Hall–Kier alpha value is -0.0900. The standard InChI is InChI=1S/C6H13NO2S/c1-2-3-10(8,9)6-4-7-5-6/h6-7H,2-5H2,1H3. The minimum atomic E-state index is -2.74. The largest absolute Gasteiger partial charge is 0.314 e. The number of sulfone groups is 1. The molecule has 0 radical (unpaired) electrons. The average Bonchev–Trinajstić information content (AvgIpc) is 1.56. The summed E-state index contributed by atoms with van der Waals surface area (Å²) in [6.07, 6.45) is 0.735. The lowest BCUT2D eigenvalue weighted by Crippen LogP contribution is -2.52. The fourth-order valence-electron chi connectivity index (χ4n) is 0.967. The summed E-state index contributed by atoms with van der Waals surface area (Å²) in [6, 6.07) is 0. The molecule has 1 saturated heterocycles. The van der Waals surface area contributed by atoms with E-state index in [2.05, 4.69) is 5.32 Å². The first-order chi connectivity index (χ1) is 4.67. The molecule has 1 aliphatic heterocycles. The van der Waals surface area contributed by atoms with Crippen LogP contribution >= 0.6 is 0 Å². The molecule has 0 atom stereocenters. The third-order valence-electron chi connectivity index (χ3n) is 1.74. The van der Waals surface area contributed by atoms with Crippen LogP contribution < -0.4 is 5.32 Å². The van der Waals surface area contributed by atoms with Gasteiger partial charge in [-0.1, -0.05) is 6.92 Å². The molecule has 0 spiro atoms. The van der Waals surface area contributed by atoms with Gasteiger partial charge in [0.15, 0.2) is 9.84 Å². The Morgan fingerprint density at radius 2 is 2.10 bits per heavy atom. The minimum Gasteiger partial charge on any atom is -0.314 e. The molecule has 1 fully saturated rings. The van der Waals surface area contributed by atoms with Gasteiger partial charge in [-0.3, -0.25) is 0 Å². The second-order valence-corrected chi connectivity index (χ2v) is 5.05. The minimum absolute atomic E-state index is 0.0903. The van der Waals surface area contributed by atoms with E-state index in [1.807, 2.05) is 6.92 Å². The van der Waals surface area contributed by atoms with Crippen LogP contribution in [0.25, 0.3) is 0 Å². The van der Waals surface area contributed by atoms with Crippen molar-refractivity contribution in [3.8, 4) is 0 Å². The van der Waals surface area contributed by atoms with Crippen molar-refractivity contribution in [1.82, 2.24) is 5.32 Å². The maximum Gasteiger partial charge on any atom is 0.155 e. The molecule has 0 aromatic carbocycles. The van der Waals surface area contributed by atoms with Crippen LogP contribution in [0.15, 0.2) is 0 Å². The van der Waals surface area contributed by atoms with E-state index in [1.54, 1.807) is 0 Å². The summed E-state index contributed by atoms with van der Waals surface area (Å²) in [5, 5.41) is 2.86. The molecular weight excluding hydrogens is 150 g/mol. The first-order valence-corrected chi connectivity index (χ1v) is 5.30. The summed E-state index contributed by atoms with van der Waals surface area (Å²) >= 11 is 0. The lowest BCUT2D eigenvalue weighted by molar-refractivity contribution is 0.495. The molecule has 1 rings (SSSR count). The normalized spacial score (nSPS) is 20.5. The van der Waals surface area contributed by atoms with Crippen LogP contribution in [-0.2, 0) is 9.84 Å². The Morgan fingerprint density at radius 1 is 1.50 bits per heavy atom. The molecule has 0 amide bonds. The summed E-state index contributed by atoms with van der Waals surface area (Å²) < 4.78 is 22.3. The van der Waals surface area contributed by atoms with Crippen LogP contribution in [-0.4, -0.2) is 32.5 Å². The topological polar surface area (TPSA) is 46.2 Å². The van der Waals surface area contributed by atoms with Crippen LogP contribution in [0.1, 0.15) is 13.3 Å². The van der Waals surface area contributed by atoms with Crippen LogP contribution in [0.3, 0.4) is 0 Å². The molecule has 1 heterocycles. The highest BCUT2D eigenvalue weighted by Crippen LogP contribution is 2.07. The number of nitrogens with one attached hydrogen (secondary N) is 1. The zero-order valence-corrected chi connectivity index (χ0v) is 6.95. The van der Waals surface area contributed by atoms with Gasteiger partial charge in [-0.25, -0.2) is 8.42 Å². The van der Waals surface area contributed by atoms with Crippen molar-refractivity contribution >= 4 is 9.84 Å². The fraction of sp³-hybridized carbons (Fsp3) is 1.00. The molecule has 10 heavy (non-hydrogen) atoms. The first-order valence-electron chi connectivity index (χ1n) is 3.59. The fourth-order valence-corrected chi connectivity index (χ4v) is 2.61. The second kappa shape index (κ2) is 2.88. The highest BCUT2D eigenvalue weighted by molar-refractivity contribution is 7.92. The van der Waals surface area contributed by atoms with Crippen molar-refractivity contribution in [2.24, 2.45) is 0 Å². The van der Waals surface area contributed by atoms with Crippen molar-refractivity contribution in [2.45, 2.75) is 18.6 Å². The number of hydrogen-bond donors (Lipinski definition) is 1. The summed E-state index contributed by atoms with van der Waals surface area (Å²) in [5.41, 5.74) is 0. The Labute approximate surface area is 61.7 Å². The summed E-state index contributed by atoms with van der Waals surface area (Å²) in [5.74, 6) is 0.347. The molecule has 3 nitrogen and oxygen atoms in total. The van der Waals surface area contributed by atoms with Crippen molar-refractivity contribution in [1.29, 1.82) is 0 Å². The van der Waals surface area contributed by atoms with E-state index in [0.717, 1.165) is 6.42 Å². The maximum atomic E-state index is 11.2. The van der Waals surface area contributed by atoms with Gasteiger partial charge in [0, 0.05) is 13.1 Å². The van der Waals surface area contributed by atoms with E-state index >= 15 is 0 Å². The molecule has 4 heteroatoms. The maximum absolute atomic E-state index is 11.2. The summed E-state index contributed by atoms with van der Waals surface area (Å²) in [6.45, 7) is 3.20. The van der Waals surface area contributed by atoms with Crippen molar-refractivity contribution in [2.75, 3.05) is 18.8 Å². The zero-order valence-electron chi connectivity index (χ0n) is 6.13. The van der Waals surface area contributed by atoms with Gasteiger partial charge < -0.3 is 5.32 Å². The van der Waals surface area contributed by atoms with E-state index in [9.17, 15) is 8.42 Å². The molecule has 0 saturated carbocycles. The lowest BCUT2D eigenvalue weighted by Gasteiger charge is -2.26. The van der Waals surface area contributed by atoms with Crippen LogP contribution in [0.2, 0.25) is 0 Å². The van der Waals surface area contributed by atoms with Gasteiger partial charge in [-0.15, -0.1) is 0 Å². The molecule has 0 aromatic heterocycles. The molecule has 1 aliphatic rings. The van der Waals surface area contributed by atoms with Gasteiger partial charge in [-0.2, -0.15) is 0 Å². The lowest BCUT2D eigenvalue weighted by atomic mass is 10.3. The Balaban J connectivity index is 2.50. The summed E-state index contributed by atoms with van der Waals surface area (Å²) in [7, 11) is -2.74. The number of hydrogen-bond acceptors (Lipinski definition) is 3. The van der Waals surface area contributed by atoms with E-state index in [1.165, 1.54) is 0 Å². The Morgan fingerprint density at radius 3 is 2.40 bits per heavy atom. The molecule has 0 aliphatic carbocycles. The smallest absolute Gasteiger partial charge is 0.155 e. The van der Waals surface area contributed by atoms with E-state index in [0.29, 0.717) is 18.8 Å². The average molecular weight is 163 g/mol. The van der Waals surface area contributed by atoms with Crippen LogP contribution in [0.4, 0.5) is 0 Å². The molecular formula is C6H13NO2S. The van der Waals surface area contributed by atoms with Crippen molar-refractivity contribution < 1.29 is 8.42 Å². The van der Waals surface area contributed by atoms with Gasteiger partial charge >= 0.3 is 0 Å². The molecule has 0 aromatic rings. The van der Waals surface area contributed by atoms with Crippen LogP contribution in [0.5, 0.6) is 0 Å². The van der Waals surface area contributed by atoms with Crippen molar-refractivity contribution in [3.63, 3.8) is 0 Å². The number of rotatable bonds is 3. The first kappa shape index (κ1) is 8.01. The van der Waals surface area contributed by atoms with Gasteiger partial charge in [0.05, 0.1) is 11.0 Å².